The van der Waals surface area contributed by atoms with Crippen molar-refractivity contribution in [2.45, 2.75) is 0 Å². The Balaban J connectivity index is 2.26. The fourth-order valence-corrected chi connectivity index (χ4v) is 1.99. The molecule has 2 heterocycles. The number of ether oxygens (including phenoxy) is 2. The number of morpholine rings is 1. The number of primary amides is 1. The highest BCUT2D eigenvalue weighted by molar-refractivity contribution is 5.91. The number of amides is 1. The molecule has 0 bridgehead atoms. The van der Waals surface area contributed by atoms with Gasteiger partial charge < -0.3 is 25.0 Å². The van der Waals surface area contributed by atoms with Crippen molar-refractivity contribution >= 4 is 17.7 Å². The lowest BCUT2D eigenvalue weighted by atomic mass is 10.3. The van der Waals surface area contributed by atoms with Gasteiger partial charge in [0.2, 0.25) is 5.95 Å². The second-order valence-electron chi connectivity index (χ2n) is 4.79. The number of nitrogens with zero attached hydrogens (tertiary/aromatic N) is 4. The maximum atomic E-state index is 11.5. The van der Waals surface area contributed by atoms with Crippen molar-refractivity contribution in [3.8, 4) is 0 Å². The molecule has 0 spiro atoms. The van der Waals surface area contributed by atoms with E-state index in [4.69, 9.17) is 15.2 Å². The number of methoxy groups -OCH3 is 1. The van der Waals surface area contributed by atoms with Crippen LogP contribution in [0.1, 0.15) is 10.5 Å². The molecule has 8 heteroatoms. The molecule has 0 atom stereocenters. The van der Waals surface area contributed by atoms with Gasteiger partial charge in [0.1, 0.15) is 11.5 Å². The van der Waals surface area contributed by atoms with Gasteiger partial charge in [0.15, 0.2) is 0 Å². The highest BCUT2D eigenvalue weighted by atomic mass is 16.5. The summed E-state index contributed by atoms with van der Waals surface area (Å²) in [4.78, 5) is 24.1. The van der Waals surface area contributed by atoms with Crippen LogP contribution in [0.3, 0.4) is 0 Å². The Morgan fingerprint density at radius 2 is 2.19 bits per heavy atom. The molecule has 1 fully saturated rings. The van der Waals surface area contributed by atoms with Crippen molar-refractivity contribution < 1.29 is 14.3 Å². The van der Waals surface area contributed by atoms with Crippen molar-refractivity contribution in [2.75, 3.05) is 63.4 Å². The van der Waals surface area contributed by atoms with Crippen molar-refractivity contribution in [2.24, 2.45) is 5.73 Å². The van der Waals surface area contributed by atoms with E-state index in [0.29, 0.717) is 51.2 Å². The van der Waals surface area contributed by atoms with Crippen LogP contribution in [0.2, 0.25) is 0 Å². The van der Waals surface area contributed by atoms with Gasteiger partial charge in [-0.1, -0.05) is 0 Å². The van der Waals surface area contributed by atoms with Gasteiger partial charge >= 0.3 is 0 Å². The number of hydrogen-bond acceptors (Lipinski definition) is 7. The van der Waals surface area contributed by atoms with E-state index in [-0.39, 0.29) is 5.69 Å². The topological polar surface area (TPSA) is 93.8 Å². The summed E-state index contributed by atoms with van der Waals surface area (Å²) in [6, 6.07) is 1.60. The van der Waals surface area contributed by atoms with Crippen molar-refractivity contribution in [1.29, 1.82) is 0 Å². The van der Waals surface area contributed by atoms with Crippen LogP contribution in [0.4, 0.5) is 11.8 Å². The third-order valence-electron chi connectivity index (χ3n) is 3.27. The normalized spacial score (nSPS) is 15.0. The van der Waals surface area contributed by atoms with Crippen LogP contribution >= 0.6 is 0 Å². The van der Waals surface area contributed by atoms with E-state index in [9.17, 15) is 4.79 Å². The monoisotopic (exact) mass is 295 g/mol. The molecule has 1 aromatic heterocycles. The van der Waals surface area contributed by atoms with E-state index in [1.54, 1.807) is 13.2 Å². The average molecular weight is 295 g/mol. The predicted octanol–water partition coefficient (Wildman–Crippen LogP) is -0.505. The summed E-state index contributed by atoms with van der Waals surface area (Å²) in [6.45, 7) is 3.87. The predicted molar refractivity (Wildman–Crippen MR) is 78.7 cm³/mol. The summed E-state index contributed by atoms with van der Waals surface area (Å²) in [6.07, 6.45) is 0. The summed E-state index contributed by atoms with van der Waals surface area (Å²) in [7, 11) is 3.52. The number of nitrogens with two attached hydrogens (primary N) is 1. The fraction of sp³-hybridized carbons (Fsp3) is 0.615. The number of hydrogen-bond donors (Lipinski definition) is 1. The number of rotatable bonds is 6. The van der Waals surface area contributed by atoms with Crippen LogP contribution in [0.15, 0.2) is 6.07 Å². The van der Waals surface area contributed by atoms with E-state index >= 15 is 0 Å². The Bertz CT molecular complexity index is 491. The van der Waals surface area contributed by atoms with Gasteiger partial charge in [0.05, 0.1) is 19.8 Å². The molecule has 0 radical (unpaired) electrons. The maximum Gasteiger partial charge on any atom is 0.267 e. The first-order chi connectivity index (χ1) is 10.1. The average Bonchev–Trinajstić information content (AvgIpc) is 2.53. The highest BCUT2D eigenvalue weighted by Gasteiger charge is 2.18. The van der Waals surface area contributed by atoms with Crippen molar-refractivity contribution in [1.82, 2.24) is 9.97 Å². The Labute approximate surface area is 123 Å². The van der Waals surface area contributed by atoms with E-state index in [0.717, 1.165) is 0 Å². The van der Waals surface area contributed by atoms with Gasteiger partial charge in [-0.2, -0.15) is 4.98 Å². The van der Waals surface area contributed by atoms with Crippen LogP contribution in [0.25, 0.3) is 0 Å². The van der Waals surface area contributed by atoms with Gasteiger partial charge in [0.25, 0.3) is 5.91 Å². The zero-order valence-corrected chi connectivity index (χ0v) is 12.4. The molecule has 1 aliphatic heterocycles. The molecule has 116 valence electrons. The van der Waals surface area contributed by atoms with Crippen LogP contribution in [-0.2, 0) is 9.47 Å². The standard InChI is InChI=1S/C13H21N5O3/c1-17(3-6-20-2)11-9-10(12(14)19)15-13(16-11)18-4-7-21-8-5-18/h9H,3-8H2,1-2H3,(H2,14,19). The molecule has 2 rings (SSSR count). The molecule has 0 aromatic carbocycles. The summed E-state index contributed by atoms with van der Waals surface area (Å²) in [5.74, 6) is 0.597. The molecular weight excluding hydrogens is 274 g/mol. The Hall–Kier alpha value is -1.93. The van der Waals surface area contributed by atoms with Gasteiger partial charge in [-0.3, -0.25) is 4.79 Å². The summed E-state index contributed by atoms with van der Waals surface area (Å²) in [5, 5.41) is 0. The van der Waals surface area contributed by atoms with Crippen LogP contribution in [-0.4, -0.2) is 69.5 Å². The van der Waals surface area contributed by atoms with Gasteiger partial charge in [0, 0.05) is 39.9 Å². The smallest absolute Gasteiger partial charge is 0.267 e. The first kappa shape index (κ1) is 15.5. The van der Waals surface area contributed by atoms with Gasteiger partial charge in [-0.15, -0.1) is 0 Å². The molecule has 0 unspecified atom stereocenters. The van der Waals surface area contributed by atoms with Crippen molar-refractivity contribution in [3.63, 3.8) is 0 Å². The van der Waals surface area contributed by atoms with Gasteiger partial charge in [-0.05, 0) is 0 Å². The van der Waals surface area contributed by atoms with E-state index in [1.807, 2.05) is 16.8 Å². The second-order valence-corrected chi connectivity index (χ2v) is 4.79. The minimum atomic E-state index is -0.562. The highest BCUT2D eigenvalue weighted by Crippen LogP contribution is 2.17. The fourth-order valence-electron chi connectivity index (χ4n) is 1.99. The Morgan fingerprint density at radius 3 is 2.81 bits per heavy atom. The van der Waals surface area contributed by atoms with Gasteiger partial charge in [-0.25, -0.2) is 4.98 Å². The van der Waals surface area contributed by atoms with E-state index in [1.165, 1.54) is 0 Å². The minimum Gasteiger partial charge on any atom is -0.383 e. The largest absolute Gasteiger partial charge is 0.383 e. The van der Waals surface area contributed by atoms with Crippen LogP contribution in [0.5, 0.6) is 0 Å². The summed E-state index contributed by atoms with van der Waals surface area (Å²) >= 11 is 0. The lowest BCUT2D eigenvalue weighted by molar-refractivity contribution is 0.0995. The lowest BCUT2D eigenvalue weighted by Gasteiger charge is -2.28. The summed E-state index contributed by atoms with van der Waals surface area (Å²) in [5.41, 5.74) is 5.58. The number of aromatic nitrogens is 2. The number of carbonyl (C=O) groups is 1. The number of anilines is 2. The molecule has 8 nitrogen and oxygen atoms in total. The van der Waals surface area contributed by atoms with E-state index in [2.05, 4.69) is 9.97 Å². The van der Waals surface area contributed by atoms with Crippen LogP contribution in [0, 0.1) is 0 Å². The van der Waals surface area contributed by atoms with Crippen LogP contribution < -0.4 is 15.5 Å². The molecule has 1 aliphatic rings. The SMILES string of the molecule is COCCN(C)c1cc(C(N)=O)nc(N2CCOCC2)n1. The first-order valence-corrected chi connectivity index (χ1v) is 6.83. The number of carbonyl (C=O) groups excluding carboxylic acids is 1. The quantitative estimate of drug-likeness (QED) is 0.755. The molecule has 1 aromatic rings. The first-order valence-electron chi connectivity index (χ1n) is 6.83. The zero-order valence-electron chi connectivity index (χ0n) is 12.4. The molecule has 0 saturated carbocycles. The second kappa shape index (κ2) is 7.19. The molecule has 0 aliphatic carbocycles. The zero-order chi connectivity index (χ0) is 15.2. The lowest BCUT2D eigenvalue weighted by Crippen LogP contribution is -2.38. The summed E-state index contributed by atoms with van der Waals surface area (Å²) < 4.78 is 10.4. The Morgan fingerprint density at radius 1 is 1.48 bits per heavy atom. The minimum absolute atomic E-state index is 0.214. The maximum absolute atomic E-state index is 11.5. The van der Waals surface area contributed by atoms with E-state index < -0.39 is 5.91 Å². The number of likely N-dealkylation sites (N-methyl/N-ethyl adjacent to an activating group) is 1. The Kier molecular flexibility index (Phi) is 5.29. The molecule has 1 saturated heterocycles. The molecular formula is C13H21N5O3. The van der Waals surface area contributed by atoms with Crippen molar-refractivity contribution in [3.05, 3.63) is 11.8 Å². The molecule has 2 N–H and O–H groups in total. The third-order valence-corrected chi connectivity index (χ3v) is 3.27. The molecule has 21 heavy (non-hydrogen) atoms. The third kappa shape index (κ3) is 4.02. The molecule has 1 amide bonds.